The fourth-order valence-corrected chi connectivity index (χ4v) is 3.09. The average molecular weight is 397 g/mol. The summed E-state index contributed by atoms with van der Waals surface area (Å²) in [6.07, 6.45) is -0.319. The van der Waals surface area contributed by atoms with Gasteiger partial charge in [0.25, 0.3) is 5.91 Å². The van der Waals surface area contributed by atoms with E-state index in [1.807, 2.05) is 52.8 Å². The fraction of sp³-hybridized carbons (Fsp3) is 0.556. The number of amides is 2. The Labute approximate surface area is 152 Å². The van der Waals surface area contributed by atoms with Gasteiger partial charge in [-0.1, -0.05) is 22.0 Å². The van der Waals surface area contributed by atoms with E-state index in [1.54, 1.807) is 9.80 Å². The van der Waals surface area contributed by atoms with Crippen molar-refractivity contribution in [2.75, 3.05) is 19.6 Å². The van der Waals surface area contributed by atoms with Gasteiger partial charge in [-0.05, 0) is 52.3 Å². The number of hydrogen-bond donors (Lipinski definition) is 0. The van der Waals surface area contributed by atoms with E-state index in [1.165, 1.54) is 0 Å². The number of halogens is 1. The second kappa shape index (κ2) is 7.13. The zero-order valence-corrected chi connectivity index (χ0v) is 16.5. The summed E-state index contributed by atoms with van der Waals surface area (Å²) in [5, 5.41) is 0. The Morgan fingerprint density at radius 1 is 1.25 bits per heavy atom. The van der Waals surface area contributed by atoms with Crippen LogP contribution in [0.15, 0.2) is 22.7 Å². The minimum Gasteiger partial charge on any atom is -0.444 e. The number of carbonyl (C=O) groups is 2. The minimum absolute atomic E-state index is 0.00416. The van der Waals surface area contributed by atoms with Gasteiger partial charge in [-0.3, -0.25) is 4.79 Å². The second-order valence-electron chi connectivity index (χ2n) is 7.23. The Balaban J connectivity index is 2.06. The van der Waals surface area contributed by atoms with Crippen molar-refractivity contribution in [3.05, 3.63) is 33.8 Å². The molecule has 0 bridgehead atoms. The number of rotatable bonds is 1. The maximum atomic E-state index is 12.8. The van der Waals surface area contributed by atoms with E-state index >= 15 is 0 Å². The average Bonchev–Trinajstić information content (AvgIpc) is 2.47. The van der Waals surface area contributed by atoms with Crippen molar-refractivity contribution in [1.82, 2.24) is 9.80 Å². The SMILES string of the molecule is Cc1ccc(Br)cc1C(=O)N1CCN(C(=O)OC(C)(C)C)C(C)C1. The molecular formula is C18H25BrN2O3. The van der Waals surface area contributed by atoms with Gasteiger partial charge in [0, 0.05) is 35.7 Å². The van der Waals surface area contributed by atoms with Gasteiger partial charge in [0.1, 0.15) is 5.60 Å². The molecule has 1 heterocycles. The normalized spacial score (nSPS) is 18.5. The van der Waals surface area contributed by atoms with Gasteiger partial charge >= 0.3 is 6.09 Å². The first kappa shape index (κ1) is 18.8. The molecule has 1 fully saturated rings. The highest BCUT2D eigenvalue weighted by Crippen LogP contribution is 2.21. The lowest BCUT2D eigenvalue weighted by molar-refractivity contribution is 0.00197. The van der Waals surface area contributed by atoms with E-state index in [9.17, 15) is 9.59 Å². The van der Waals surface area contributed by atoms with Crippen molar-refractivity contribution >= 4 is 27.9 Å². The van der Waals surface area contributed by atoms with E-state index in [0.717, 1.165) is 10.0 Å². The van der Waals surface area contributed by atoms with Crippen LogP contribution < -0.4 is 0 Å². The molecule has 1 aromatic carbocycles. The first-order valence-corrected chi connectivity index (χ1v) is 8.93. The number of nitrogens with zero attached hydrogens (tertiary/aromatic N) is 2. The molecule has 1 atom stereocenters. The van der Waals surface area contributed by atoms with E-state index in [2.05, 4.69) is 15.9 Å². The molecule has 0 spiro atoms. The zero-order chi connectivity index (χ0) is 18.1. The van der Waals surface area contributed by atoms with Crippen molar-refractivity contribution in [1.29, 1.82) is 0 Å². The zero-order valence-electron chi connectivity index (χ0n) is 14.9. The summed E-state index contributed by atoms with van der Waals surface area (Å²) in [5.41, 5.74) is 1.13. The lowest BCUT2D eigenvalue weighted by Gasteiger charge is -2.40. The monoisotopic (exact) mass is 396 g/mol. The van der Waals surface area contributed by atoms with Crippen LogP contribution in [0.2, 0.25) is 0 Å². The van der Waals surface area contributed by atoms with E-state index in [0.29, 0.717) is 25.2 Å². The number of hydrogen-bond acceptors (Lipinski definition) is 3. The molecule has 0 aliphatic carbocycles. The third kappa shape index (κ3) is 4.50. The molecule has 1 unspecified atom stereocenters. The van der Waals surface area contributed by atoms with E-state index in [4.69, 9.17) is 4.74 Å². The third-order valence-electron chi connectivity index (χ3n) is 3.97. The molecule has 5 nitrogen and oxygen atoms in total. The standard InChI is InChI=1S/C18H25BrN2O3/c1-12-6-7-14(19)10-15(12)16(22)20-8-9-21(13(2)11-20)17(23)24-18(3,4)5/h6-7,10,13H,8-9,11H2,1-5H3. The first-order valence-electron chi connectivity index (χ1n) is 8.13. The molecule has 2 amide bonds. The summed E-state index contributed by atoms with van der Waals surface area (Å²) in [6.45, 7) is 10.9. The van der Waals surface area contributed by atoms with Crippen LogP contribution in [0.25, 0.3) is 0 Å². The van der Waals surface area contributed by atoms with E-state index in [-0.39, 0.29) is 18.0 Å². The minimum atomic E-state index is -0.517. The number of aryl methyl sites for hydroxylation is 1. The van der Waals surface area contributed by atoms with Crippen molar-refractivity contribution in [3.8, 4) is 0 Å². The van der Waals surface area contributed by atoms with Crippen LogP contribution in [0.1, 0.15) is 43.6 Å². The van der Waals surface area contributed by atoms with Crippen molar-refractivity contribution < 1.29 is 14.3 Å². The summed E-state index contributed by atoms with van der Waals surface area (Å²) < 4.78 is 6.33. The van der Waals surface area contributed by atoms with Gasteiger partial charge in [0.2, 0.25) is 0 Å². The number of piperazine rings is 1. The summed E-state index contributed by atoms with van der Waals surface area (Å²) in [5.74, 6) is 0.00416. The molecule has 24 heavy (non-hydrogen) atoms. The summed E-state index contributed by atoms with van der Waals surface area (Å²) in [7, 11) is 0. The Kier molecular flexibility index (Phi) is 5.58. The summed E-state index contributed by atoms with van der Waals surface area (Å²) in [6, 6.07) is 5.63. The molecule has 0 radical (unpaired) electrons. The smallest absolute Gasteiger partial charge is 0.410 e. The Morgan fingerprint density at radius 2 is 1.92 bits per heavy atom. The predicted octanol–water partition coefficient (Wildman–Crippen LogP) is 3.84. The molecular weight excluding hydrogens is 372 g/mol. The number of carbonyl (C=O) groups excluding carboxylic acids is 2. The molecule has 132 valence electrons. The van der Waals surface area contributed by atoms with E-state index < -0.39 is 5.60 Å². The predicted molar refractivity (Wildman–Crippen MR) is 97.2 cm³/mol. The molecule has 6 heteroatoms. The van der Waals surface area contributed by atoms with Crippen LogP contribution in [0.3, 0.4) is 0 Å². The van der Waals surface area contributed by atoms with Crippen LogP contribution >= 0.6 is 15.9 Å². The largest absolute Gasteiger partial charge is 0.444 e. The maximum absolute atomic E-state index is 12.8. The second-order valence-corrected chi connectivity index (χ2v) is 8.15. The van der Waals surface area contributed by atoms with Crippen molar-refractivity contribution in [2.45, 2.75) is 46.3 Å². The van der Waals surface area contributed by atoms with Gasteiger partial charge in [-0.15, -0.1) is 0 Å². The van der Waals surface area contributed by atoms with Gasteiger partial charge in [0.15, 0.2) is 0 Å². The molecule has 0 aromatic heterocycles. The Bertz CT molecular complexity index is 640. The quantitative estimate of drug-likeness (QED) is 0.724. The number of ether oxygens (including phenoxy) is 1. The van der Waals surface area contributed by atoms with Crippen LogP contribution in [-0.4, -0.2) is 53.1 Å². The molecule has 1 saturated heterocycles. The summed E-state index contributed by atoms with van der Waals surface area (Å²) >= 11 is 3.42. The topological polar surface area (TPSA) is 49.9 Å². The summed E-state index contributed by atoms with van der Waals surface area (Å²) in [4.78, 5) is 28.6. The molecule has 0 saturated carbocycles. The highest BCUT2D eigenvalue weighted by Gasteiger charge is 2.33. The first-order chi connectivity index (χ1) is 11.1. The highest BCUT2D eigenvalue weighted by molar-refractivity contribution is 9.10. The lowest BCUT2D eigenvalue weighted by Crippen LogP contribution is -2.56. The molecule has 2 rings (SSSR count). The molecule has 0 N–H and O–H groups in total. The van der Waals surface area contributed by atoms with Crippen LogP contribution in [0.5, 0.6) is 0 Å². The molecule has 1 aliphatic heterocycles. The fourth-order valence-electron chi connectivity index (χ4n) is 2.73. The Morgan fingerprint density at radius 3 is 2.50 bits per heavy atom. The lowest BCUT2D eigenvalue weighted by atomic mass is 10.1. The van der Waals surface area contributed by atoms with Crippen LogP contribution in [0, 0.1) is 6.92 Å². The highest BCUT2D eigenvalue weighted by atomic mass is 79.9. The third-order valence-corrected chi connectivity index (χ3v) is 4.47. The van der Waals surface area contributed by atoms with Crippen LogP contribution in [0.4, 0.5) is 4.79 Å². The Hall–Kier alpha value is -1.56. The maximum Gasteiger partial charge on any atom is 0.410 e. The van der Waals surface area contributed by atoms with Gasteiger partial charge in [-0.2, -0.15) is 0 Å². The van der Waals surface area contributed by atoms with Gasteiger partial charge < -0.3 is 14.5 Å². The van der Waals surface area contributed by atoms with Crippen molar-refractivity contribution in [3.63, 3.8) is 0 Å². The van der Waals surface area contributed by atoms with Gasteiger partial charge in [0.05, 0.1) is 0 Å². The van der Waals surface area contributed by atoms with Crippen LogP contribution in [-0.2, 0) is 4.74 Å². The van der Waals surface area contributed by atoms with Crippen molar-refractivity contribution in [2.24, 2.45) is 0 Å². The molecule has 1 aromatic rings. The van der Waals surface area contributed by atoms with Gasteiger partial charge in [-0.25, -0.2) is 4.79 Å². The molecule has 1 aliphatic rings. The number of benzene rings is 1.